The number of nitrogens with zero attached hydrogens (tertiary/aromatic N) is 2. The largest absolute Gasteiger partial charge is 0.507 e. The van der Waals surface area contributed by atoms with Gasteiger partial charge in [-0.2, -0.15) is 0 Å². The second kappa shape index (κ2) is 9.13. The van der Waals surface area contributed by atoms with Crippen LogP contribution in [0.15, 0.2) is 66.2 Å². The molecule has 1 amide bonds. The summed E-state index contributed by atoms with van der Waals surface area (Å²) < 4.78 is 11.9. The third-order valence-electron chi connectivity index (χ3n) is 6.24. The van der Waals surface area contributed by atoms with Gasteiger partial charge in [0.2, 0.25) is 0 Å². The quantitative estimate of drug-likeness (QED) is 0.219. The van der Waals surface area contributed by atoms with Gasteiger partial charge in [0.15, 0.2) is 5.13 Å². The van der Waals surface area contributed by atoms with Crippen LogP contribution in [0, 0.1) is 13.8 Å². The van der Waals surface area contributed by atoms with Crippen LogP contribution >= 0.6 is 11.3 Å². The number of rotatable bonds is 5. The lowest BCUT2D eigenvalue weighted by Crippen LogP contribution is -2.29. The number of aliphatic hydroxyl groups is 1. The summed E-state index contributed by atoms with van der Waals surface area (Å²) in [5.74, 6) is -0.860. The Balaban J connectivity index is 1.78. The predicted octanol–water partition coefficient (Wildman–Crippen LogP) is 5.56. The van der Waals surface area contributed by atoms with Gasteiger partial charge < -0.3 is 14.6 Å². The molecule has 3 aromatic carbocycles. The van der Waals surface area contributed by atoms with Gasteiger partial charge in [-0.25, -0.2) is 4.98 Å². The molecule has 36 heavy (non-hydrogen) atoms. The smallest absolute Gasteiger partial charge is 0.301 e. The first-order valence-corrected chi connectivity index (χ1v) is 12.1. The van der Waals surface area contributed by atoms with E-state index in [-0.39, 0.29) is 11.3 Å². The number of fused-ring (bicyclic) bond motifs is 1. The molecule has 0 radical (unpaired) electrons. The molecule has 1 N–H and O–H groups in total. The molecule has 0 unspecified atom stereocenters. The van der Waals surface area contributed by atoms with Crippen LogP contribution in [0.2, 0.25) is 0 Å². The van der Waals surface area contributed by atoms with Crippen molar-refractivity contribution < 1.29 is 24.2 Å². The van der Waals surface area contributed by atoms with Crippen molar-refractivity contribution in [2.75, 3.05) is 19.1 Å². The molecule has 1 aromatic heterocycles. The maximum Gasteiger partial charge on any atom is 0.301 e. The number of aryl methyl sites for hydroxylation is 2. The fourth-order valence-electron chi connectivity index (χ4n) is 4.37. The number of ketones is 1. The average Bonchev–Trinajstić information content (AvgIpc) is 3.41. The number of aromatic nitrogens is 1. The third kappa shape index (κ3) is 3.89. The molecule has 1 saturated heterocycles. The summed E-state index contributed by atoms with van der Waals surface area (Å²) in [6, 6.07) is 17.1. The van der Waals surface area contributed by atoms with E-state index in [1.807, 2.05) is 44.2 Å². The fraction of sp³-hybridized carbons (Fsp3) is 0.179. The van der Waals surface area contributed by atoms with Crippen LogP contribution < -0.4 is 14.4 Å². The van der Waals surface area contributed by atoms with E-state index in [4.69, 9.17) is 9.47 Å². The monoisotopic (exact) mass is 500 g/mol. The zero-order valence-corrected chi connectivity index (χ0v) is 21.1. The van der Waals surface area contributed by atoms with Gasteiger partial charge in [-0.1, -0.05) is 47.2 Å². The lowest BCUT2D eigenvalue weighted by atomic mass is 9.94. The number of benzene rings is 3. The summed E-state index contributed by atoms with van der Waals surface area (Å²) in [7, 11) is 3.04. The van der Waals surface area contributed by atoms with Gasteiger partial charge in [-0.3, -0.25) is 14.5 Å². The molecule has 5 rings (SSSR count). The molecular weight excluding hydrogens is 476 g/mol. The number of methoxy groups -OCH3 is 2. The summed E-state index contributed by atoms with van der Waals surface area (Å²) in [4.78, 5) is 33.0. The Hall–Kier alpha value is -4.17. The Bertz CT molecular complexity index is 1540. The highest BCUT2D eigenvalue weighted by atomic mass is 32.1. The van der Waals surface area contributed by atoms with Gasteiger partial charge in [-0.05, 0) is 49.7 Å². The maximum absolute atomic E-state index is 13.5. The number of Topliss-reactive ketones (excluding diaryl/α,β-unsaturated/α-hetero) is 1. The van der Waals surface area contributed by atoms with Crippen LogP contribution in [0.25, 0.3) is 16.0 Å². The minimum absolute atomic E-state index is 0.0363. The fourth-order valence-corrected chi connectivity index (χ4v) is 5.46. The minimum atomic E-state index is -0.974. The highest BCUT2D eigenvalue weighted by Gasteiger charge is 2.49. The summed E-state index contributed by atoms with van der Waals surface area (Å²) in [5, 5.41) is 11.7. The lowest BCUT2D eigenvalue weighted by Gasteiger charge is -2.25. The first kappa shape index (κ1) is 23.6. The van der Waals surface area contributed by atoms with Gasteiger partial charge in [-0.15, -0.1) is 0 Å². The van der Waals surface area contributed by atoms with Gasteiger partial charge in [0.05, 0.1) is 30.0 Å². The summed E-state index contributed by atoms with van der Waals surface area (Å²) >= 11 is 1.31. The van der Waals surface area contributed by atoms with Crippen molar-refractivity contribution in [2.45, 2.75) is 19.9 Å². The number of thiazole rings is 1. The first-order valence-electron chi connectivity index (χ1n) is 11.3. The molecule has 0 aliphatic carbocycles. The van der Waals surface area contributed by atoms with Crippen LogP contribution in [0.5, 0.6) is 11.5 Å². The Labute approximate surface area is 212 Å². The lowest BCUT2D eigenvalue weighted by molar-refractivity contribution is -0.132. The number of carbonyl (C=O) groups is 2. The number of hydrogen-bond acceptors (Lipinski definition) is 7. The molecular formula is C28H24N2O5S. The van der Waals surface area contributed by atoms with Crippen LogP contribution in [0.1, 0.15) is 28.3 Å². The second-order valence-electron chi connectivity index (χ2n) is 8.61. The number of amides is 1. The zero-order chi connectivity index (χ0) is 25.6. The van der Waals surface area contributed by atoms with E-state index in [1.54, 1.807) is 30.3 Å². The molecule has 2 heterocycles. The number of hydrogen-bond donors (Lipinski definition) is 1. The van der Waals surface area contributed by atoms with Crippen molar-refractivity contribution in [3.63, 3.8) is 0 Å². The minimum Gasteiger partial charge on any atom is -0.507 e. The molecule has 7 nitrogen and oxygen atoms in total. The van der Waals surface area contributed by atoms with Crippen molar-refractivity contribution >= 4 is 44.1 Å². The average molecular weight is 501 g/mol. The van der Waals surface area contributed by atoms with E-state index >= 15 is 0 Å². The van der Waals surface area contributed by atoms with Crippen molar-refractivity contribution in [2.24, 2.45) is 0 Å². The summed E-state index contributed by atoms with van der Waals surface area (Å²) in [5.41, 5.74) is 3.68. The predicted molar refractivity (Wildman–Crippen MR) is 140 cm³/mol. The van der Waals surface area contributed by atoms with E-state index in [1.165, 1.54) is 30.5 Å². The SMILES string of the molecule is COc1ccc(OC)c([C@@H]2C(=C(O)c3ccc(C)cc3)C(=O)C(=O)N2c2nc3ccc(C)cc3s2)c1. The van der Waals surface area contributed by atoms with Crippen molar-refractivity contribution in [3.8, 4) is 11.5 Å². The highest BCUT2D eigenvalue weighted by molar-refractivity contribution is 7.22. The molecule has 4 aromatic rings. The van der Waals surface area contributed by atoms with Crippen molar-refractivity contribution in [1.29, 1.82) is 0 Å². The molecule has 1 fully saturated rings. The Morgan fingerprint density at radius 2 is 1.67 bits per heavy atom. The van der Waals surface area contributed by atoms with E-state index in [2.05, 4.69) is 4.98 Å². The number of anilines is 1. The van der Waals surface area contributed by atoms with Gasteiger partial charge >= 0.3 is 5.91 Å². The molecule has 0 bridgehead atoms. The van der Waals surface area contributed by atoms with Gasteiger partial charge in [0.25, 0.3) is 5.78 Å². The maximum atomic E-state index is 13.5. The topological polar surface area (TPSA) is 89.0 Å². The standard InChI is InChI=1S/C28H24N2O5S/c1-15-5-8-17(9-6-15)25(31)23-24(19-14-18(34-3)10-12-21(19)35-4)30(27(33)26(23)32)28-29-20-11-7-16(2)13-22(20)36-28/h5-14,24,31H,1-4H3/t24-/m1/s1. The van der Waals surface area contributed by atoms with Crippen LogP contribution in [-0.2, 0) is 9.59 Å². The summed E-state index contributed by atoms with van der Waals surface area (Å²) in [6.07, 6.45) is 0. The van der Waals surface area contributed by atoms with Crippen molar-refractivity contribution in [1.82, 2.24) is 4.98 Å². The van der Waals surface area contributed by atoms with E-state index in [9.17, 15) is 14.7 Å². The number of ether oxygens (including phenoxy) is 2. The van der Waals surface area contributed by atoms with Crippen molar-refractivity contribution in [3.05, 3.63) is 88.5 Å². The molecule has 182 valence electrons. The number of carbonyl (C=O) groups excluding carboxylic acids is 2. The molecule has 1 aliphatic rings. The molecule has 8 heteroatoms. The third-order valence-corrected chi connectivity index (χ3v) is 7.26. The van der Waals surface area contributed by atoms with E-state index in [0.29, 0.717) is 27.8 Å². The van der Waals surface area contributed by atoms with Crippen LogP contribution in [0.3, 0.4) is 0 Å². The molecule has 1 aliphatic heterocycles. The Morgan fingerprint density at radius 3 is 2.36 bits per heavy atom. The zero-order valence-electron chi connectivity index (χ0n) is 20.2. The first-order chi connectivity index (χ1) is 17.3. The second-order valence-corrected chi connectivity index (χ2v) is 9.62. The number of aliphatic hydroxyl groups excluding tert-OH is 1. The Morgan fingerprint density at radius 1 is 0.944 bits per heavy atom. The summed E-state index contributed by atoms with van der Waals surface area (Å²) in [6.45, 7) is 3.91. The highest BCUT2D eigenvalue weighted by Crippen LogP contribution is 2.47. The van der Waals surface area contributed by atoms with Crippen LogP contribution in [0.4, 0.5) is 5.13 Å². The van der Waals surface area contributed by atoms with E-state index in [0.717, 1.165) is 21.3 Å². The Kier molecular flexibility index (Phi) is 5.97. The normalized spacial score (nSPS) is 17.1. The molecule has 1 atom stereocenters. The van der Waals surface area contributed by atoms with Crippen LogP contribution in [-0.4, -0.2) is 36.0 Å². The van der Waals surface area contributed by atoms with Gasteiger partial charge in [0, 0.05) is 11.1 Å². The van der Waals surface area contributed by atoms with E-state index < -0.39 is 17.7 Å². The molecule has 0 saturated carbocycles. The molecule has 0 spiro atoms. The van der Waals surface area contributed by atoms with Gasteiger partial charge in [0.1, 0.15) is 23.3 Å².